The van der Waals surface area contributed by atoms with Gasteiger partial charge in [0.05, 0.1) is 12.7 Å². The van der Waals surface area contributed by atoms with Crippen molar-refractivity contribution >= 4 is 5.69 Å². The smallest absolute Gasteiger partial charge is 0.0736 e. The van der Waals surface area contributed by atoms with Gasteiger partial charge in [-0.2, -0.15) is 0 Å². The van der Waals surface area contributed by atoms with E-state index in [0.717, 1.165) is 26.1 Å². The zero-order chi connectivity index (χ0) is 14.2. The molecular formula is C17H27NO2. The lowest BCUT2D eigenvalue weighted by Crippen LogP contribution is -2.34. The van der Waals surface area contributed by atoms with Crippen molar-refractivity contribution in [2.45, 2.75) is 58.3 Å². The fourth-order valence-electron chi connectivity index (χ4n) is 2.75. The van der Waals surface area contributed by atoms with Gasteiger partial charge in [0.25, 0.3) is 0 Å². The van der Waals surface area contributed by atoms with Crippen molar-refractivity contribution in [2.75, 3.05) is 18.5 Å². The third kappa shape index (κ3) is 4.50. The molecule has 2 unspecified atom stereocenters. The molecule has 0 aromatic heterocycles. The van der Waals surface area contributed by atoms with Crippen molar-refractivity contribution in [3.63, 3.8) is 0 Å². The van der Waals surface area contributed by atoms with Crippen LogP contribution in [0.2, 0.25) is 0 Å². The Labute approximate surface area is 122 Å². The molecule has 1 aromatic carbocycles. The Morgan fingerprint density at radius 2 is 2.15 bits per heavy atom. The van der Waals surface area contributed by atoms with E-state index >= 15 is 0 Å². The number of para-hydroxylation sites is 1. The van der Waals surface area contributed by atoms with Crippen molar-refractivity contribution in [3.05, 3.63) is 29.8 Å². The van der Waals surface area contributed by atoms with Gasteiger partial charge in [-0.3, -0.25) is 0 Å². The van der Waals surface area contributed by atoms with Gasteiger partial charge in [0.15, 0.2) is 0 Å². The number of rotatable bonds is 7. The van der Waals surface area contributed by atoms with Gasteiger partial charge in [-0.15, -0.1) is 0 Å². The molecule has 0 amide bonds. The highest BCUT2D eigenvalue weighted by Crippen LogP contribution is 2.24. The summed E-state index contributed by atoms with van der Waals surface area (Å²) in [5.41, 5.74) is 2.45. The minimum atomic E-state index is 0.422. The van der Waals surface area contributed by atoms with Gasteiger partial charge in [-0.1, -0.05) is 31.5 Å². The van der Waals surface area contributed by atoms with Gasteiger partial charge >= 0.3 is 0 Å². The summed E-state index contributed by atoms with van der Waals surface area (Å²) < 4.78 is 11.4. The van der Waals surface area contributed by atoms with Gasteiger partial charge in [-0.05, 0) is 32.3 Å². The molecule has 2 atom stereocenters. The molecule has 0 aliphatic carbocycles. The molecular weight excluding hydrogens is 250 g/mol. The molecule has 1 heterocycles. The highest BCUT2D eigenvalue weighted by molar-refractivity contribution is 5.51. The SMILES string of the molecule is CCCC1CC(Nc2ccccc2COCC)CCO1. The Morgan fingerprint density at radius 1 is 1.30 bits per heavy atom. The molecule has 112 valence electrons. The molecule has 20 heavy (non-hydrogen) atoms. The summed E-state index contributed by atoms with van der Waals surface area (Å²) in [6.07, 6.45) is 4.97. The summed E-state index contributed by atoms with van der Waals surface area (Å²) in [4.78, 5) is 0. The van der Waals surface area contributed by atoms with E-state index < -0.39 is 0 Å². The molecule has 1 aliphatic rings. The quantitative estimate of drug-likeness (QED) is 0.817. The largest absolute Gasteiger partial charge is 0.382 e. The molecule has 1 fully saturated rings. The summed E-state index contributed by atoms with van der Waals surface area (Å²) in [6.45, 7) is 6.56. The van der Waals surface area contributed by atoms with E-state index in [2.05, 4.69) is 36.5 Å². The van der Waals surface area contributed by atoms with E-state index in [4.69, 9.17) is 9.47 Å². The van der Waals surface area contributed by atoms with Crippen LogP contribution in [0.4, 0.5) is 5.69 Å². The minimum absolute atomic E-state index is 0.422. The Bertz CT molecular complexity index is 392. The highest BCUT2D eigenvalue weighted by atomic mass is 16.5. The molecule has 1 aliphatic heterocycles. The van der Waals surface area contributed by atoms with Crippen LogP contribution in [0, 0.1) is 0 Å². The molecule has 0 spiro atoms. The van der Waals surface area contributed by atoms with Gasteiger partial charge in [0.2, 0.25) is 0 Å². The van der Waals surface area contributed by atoms with Gasteiger partial charge in [0.1, 0.15) is 0 Å². The number of hydrogen-bond donors (Lipinski definition) is 1. The second kappa shape index (κ2) is 8.28. The van der Waals surface area contributed by atoms with E-state index in [1.807, 2.05) is 6.92 Å². The van der Waals surface area contributed by atoms with E-state index in [-0.39, 0.29) is 0 Å². The first kappa shape index (κ1) is 15.3. The van der Waals surface area contributed by atoms with Crippen molar-refractivity contribution in [2.24, 2.45) is 0 Å². The number of nitrogens with one attached hydrogen (secondary N) is 1. The molecule has 1 N–H and O–H groups in total. The number of ether oxygens (including phenoxy) is 2. The van der Waals surface area contributed by atoms with Crippen LogP contribution < -0.4 is 5.32 Å². The molecule has 0 radical (unpaired) electrons. The van der Waals surface area contributed by atoms with Crippen LogP contribution in [-0.4, -0.2) is 25.4 Å². The summed E-state index contributed by atoms with van der Waals surface area (Å²) in [5.74, 6) is 0. The Kier molecular flexibility index (Phi) is 6.34. The summed E-state index contributed by atoms with van der Waals surface area (Å²) in [6, 6.07) is 8.96. The fourth-order valence-corrected chi connectivity index (χ4v) is 2.75. The predicted molar refractivity (Wildman–Crippen MR) is 83.1 cm³/mol. The van der Waals surface area contributed by atoms with Crippen LogP contribution >= 0.6 is 0 Å². The molecule has 3 heteroatoms. The summed E-state index contributed by atoms with van der Waals surface area (Å²) in [5, 5.41) is 3.69. The second-order valence-corrected chi connectivity index (χ2v) is 5.44. The first-order chi connectivity index (χ1) is 9.83. The normalized spacial score (nSPS) is 22.7. The van der Waals surface area contributed by atoms with Gasteiger partial charge < -0.3 is 14.8 Å². The lowest BCUT2D eigenvalue weighted by Gasteiger charge is -2.31. The zero-order valence-corrected chi connectivity index (χ0v) is 12.7. The number of anilines is 1. The predicted octanol–water partition coefficient (Wildman–Crippen LogP) is 3.98. The van der Waals surface area contributed by atoms with Gasteiger partial charge in [0, 0.05) is 30.5 Å². The summed E-state index contributed by atoms with van der Waals surface area (Å²) in [7, 11) is 0. The topological polar surface area (TPSA) is 30.5 Å². The van der Waals surface area contributed by atoms with E-state index in [1.165, 1.54) is 24.1 Å². The zero-order valence-electron chi connectivity index (χ0n) is 12.7. The van der Waals surface area contributed by atoms with Crippen molar-refractivity contribution in [1.82, 2.24) is 0 Å². The highest BCUT2D eigenvalue weighted by Gasteiger charge is 2.22. The molecule has 2 rings (SSSR count). The van der Waals surface area contributed by atoms with Crippen LogP contribution in [0.15, 0.2) is 24.3 Å². The maximum absolute atomic E-state index is 5.82. The third-order valence-electron chi connectivity index (χ3n) is 3.82. The van der Waals surface area contributed by atoms with Crippen molar-refractivity contribution < 1.29 is 9.47 Å². The fraction of sp³-hybridized carbons (Fsp3) is 0.647. The van der Waals surface area contributed by atoms with E-state index in [9.17, 15) is 0 Å². The van der Waals surface area contributed by atoms with Crippen LogP contribution in [0.5, 0.6) is 0 Å². The van der Waals surface area contributed by atoms with Crippen LogP contribution in [0.3, 0.4) is 0 Å². The summed E-state index contributed by atoms with van der Waals surface area (Å²) >= 11 is 0. The number of hydrogen-bond acceptors (Lipinski definition) is 3. The first-order valence-corrected chi connectivity index (χ1v) is 7.87. The molecule has 0 bridgehead atoms. The average molecular weight is 277 g/mol. The van der Waals surface area contributed by atoms with E-state index in [0.29, 0.717) is 18.8 Å². The standard InChI is InChI=1S/C17H27NO2/c1-3-7-16-12-15(10-11-20-16)18-17-9-6-5-8-14(17)13-19-4-2/h5-6,8-9,15-16,18H,3-4,7,10-13H2,1-2H3. The molecule has 1 aromatic rings. The lowest BCUT2D eigenvalue weighted by atomic mass is 9.99. The third-order valence-corrected chi connectivity index (χ3v) is 3.82. The number of benzene rings is 1. The van der Waals surface area contributed by atoms with Crippen molar-refractivity contribution in [1.29, 1.82) is 0 Å². The Balaban J connectivity index is 1.94. The first-order valence-electron chi connectivity index (χ1n) is 7.87. The average Bonchev–Trinajstić information content (AvgIpc) is 2.47. The van der Waals surface area contributed by atoms with Crippen molar-refractivity contribution in [3.8, 4) is 0 Å². The maximum atomic E-state index is 5.82. The lowest BCUT2D eigenvalue weighted by molar-refractivity contribution is 0.00595. The van der Waals surface area contributed by atoms with Crippen LogP contribution in [-0.2, 0) is 16.1 Å². The van der Waals surface area contributed by atoms with E-state index in [1.54, 1.807) is 0 Å². The van der Waals surface area contributed by atoms with Crippen LogP contribution in [0.1, 0.15) is 45.1 Å². The van der Waals surface area contributed by atoms with Crippen LogP contribution in [0.25, 0.3) is 0 Å². The Hall–Kier alpha value is -1.06. The minimum Gasteiger partial charge on any atom is -0.382 e. The Morgan fingerprint density at radius 3 is 2.95 bits per heavy atom. The molecule has 1 saturated heterocycles. The van der Waals surface area contributed by atoms with Gasteiger partial charge in [-0.25, -0.2) is 0 Å². The second-order valence-electron chi connectivity index (χ2n) is 5.44. The molecule has 3 nitrogen and oxygen atoms in total. The monoisotopic (exact) mass is 277 g/mol. The maximum Gasteiger partial charge on any atom is 0.0736 e. The molecule has 0 saturated carbocycles.